The smallest absolute Gasteiger partial charge is 0.239 e. The molecule has 1 heterocycles. The molecular formula is C12H18ClN3O. The van der Waals surface area contributed by atoms with Crippen molar-refractivity contribution in [3.63, 3.8) is 0 Å². The van der Waals surface area contributed by atoms with Crippen LogP contribution in [0.1, 0.15) is 13.8 Å². The third-order valence-electron chi connectivity index (χ3n) is 2.18. The Hall–Kier alpha value is -1.29. The van der Waals surface area contributed by atoms with Crippen molar-refractivity contribution in [2.24, 2.45) is 5.92 Å². The van der Waals surface area contributed by atoms with Gasteiger partial charge in [-0.2, -0.15) is 0 Å². The number of rotatable bonds is 5. The van der Waals surface area contributed by atoms with E-state index in [0.717, 1.165) is 0 Å². The molecule has 0 saturated heterocycles. The number of likely N-dealkylation sites (N-methyl/N-ethyl adjacent to an activating group) is 1. The second-order valence-corrected chi connectivity index (χ2v) is 4.76. The van der Waals surface area contributed by atoms with Crippen molar-refractivity contribution >= 4 is 23.3 Å². The van der Waals surface area contributed by atoms with E-state index in [1.807, 2.05) is 19.2 Å². The summed E-state index contributed by atoms with van der Waals surface area (Å²) in [6.07, 6.45) is 0. The Kier molecular flexibility index (Phi) is 5.22. The van der Waals surface area contributed by atoms with E-state index in [1.165, 1.54) is 0 Å². The van der Waals surface area contributed by atoms with Gasteiger partial charge in [0, 0.05) is 13.6 Å². The number of hydrogen-bond acceptors (Lipinski definition) is 3. The number of anilines is 1. The van der Waals surface area contributed by atoms with E-state index in [4.69, 9.17) is 11.6 Å². The van der Waals surface area contributed by atoms with Crippen molar-refractivity contribution in [3.05, 3.63) is 23.4 Å². The average molecular weight is 256 g/mol. The van der Waals surface area contributed by atoms with Crippen LogP contribution in [-0.4, -0.2) is 31.0 Å². The minimum atomic E-state index is -0.0111. The zero-order valence-electron chi connectivity index (χ0n) is 10.4. The number of pyridine rings is 1. The molecule has 0 unspecified atom stereocenters. The van der Waals surface area contributed by atoms with Gasteiger partial charge in [0.05, 0.1) is 6.54 Å². The van der Waals surface area contributed by atoms with Crippen molar-refractivity contribution in [2.75, 3.05) is 25.0 Å². The van der Waals surface area contributed by atoms with Gasteiger partial charge in [-0.15, -0.1) is 0 Å². The van der Waals surface area contributed by atoms with Crippen molar-refractivity contribution in [2.45, 2.75) is 13.8 Å². The lowest BCUT2D eigenvalue weighted by molar-refractivity contribution is -0.119. The lowest BCUT2D eigenvalue weighted by Gasteiger charge is -2.18. The molecule has 0 spiro atoms. The Morgan fingerprint density at radius 3 is 2.82 bits per heavy atom. The monoisotopic (exact) mass is 255 g/mol. The van der Waals surface area contributed by atoms with Gasteiger partial charge >= 0.3 is 0 Å². The molecule has 1 aromatic heterocycles. The Morgan fingerprint density at radius 1 is 1.53 bits per heavy atom. The highest BCUT2D eigenvalue weighted by Crippen LogP contribution is 2.12. The van der Waals surface area contributed by atoms with Crippen LogP contribution in [0.3, 0.4) is 0 Å². The summed E-state index contributed by atoms with van der Waals surface area (Å²) in [4.78, 5) is 17.5. The molecule has 0 aliphatic rings. The van der Waals surface area contributed by atoms with Crippen LogP contribution < -0.4 is 10.2 Å². The zero-order valence-corrected chi connectivity index (χ0v) is 11.2. The number of nitrogens with one attached hydrogen (secondary N) is 1. The van der Waals surface area contributed by atoms with Gasteiger partial charge in [0.1, 0.15) is 11.0 Å². The average Bonchev–Trinajstić information content (AvgIpc) is 2.26. The van der Waals surface area contributed by atoms with Gasteiger partial charge < -0.3 is 10.2 Å². The minimum Gasteiger partial charge on any atom is -0.354 e. The predicted octanol–water partition coefficient (Wildman–Crippen LogP) is 1.94. The maximum absolute atomic E-state index is 11.6. The van der Waals surface area contributed by atoms with Gasteiger partial charge in [-0.1, -0.05) is 31.5 Å². The number of halogens is 1. The highest BCUT2D eigenvalue weighted by atomic mass is 35.5. The quantitative estimate of drug-likeness (QED) is 0.818. The van der Waals surface area contributed by atoms with Crippen LogP contribution in [0.2, 0.25) is 5.15 Å². The van der Waals surface area contributed by atoms with Gasteiger partial charge in [0.15, 0.2) is 0 Å². The molecule has 0 radical (unpaired) electrons. The maximum Gasteiger partial charge on any atom is 0.239 e. The first-order valence-corrected chi connectivity index (χ1v) is 5.97. The van der Waals surface area contributed by atoms with Crippen LogP contribution in [-0.2, 0) is 4.79 Å². The van der Waals surface area contributed by atoms with Crippen molar-refractivity contribution < 1.29 is 4.79 Å². The van der Waals surface area contributed by atoms with Gasteiger partial charge in [-0.05, 0) is 18.1 Å². The van der Waals surface area contributed by atoms with E-state index < -0.39 is 0 Å². The summed E-state index contributed by atoms with van der Waals surface area (Å²) in [6, 6.07) is 5.34. The Balaban J connectivity index is 2.48. The molecule has 1 N–H and O–H groups in total. The largest absolute Gasteiger partial charge is 0.354 e. The molecule has 4 nitrogen and oxygen atoms in total. The summed E-state index contributed by atoms with van der Waals surface area (Å²) in [7, 11) is 1.81. The van der Waals surface area contributed by atoms with Gasteiger partial charge in [-0.25, -0.2) is 4.98 Å². The Labute approximate surface area is 107 Å². The molecule has 1 amide bonds. The highest BCUT2D eigenvalue weighted by Gasteiger charge is 2.08. The number of amides is 1. The van der Waals surface area contributed by atoms with Crippen LogP contribution in [0, 0.1) is 5.92 Å². The molecular weight excluding hydrogens is 238 g/mol. The summed E-state index contributed by atoms with van der Waals surface area (Å²) >= 11 is 5.79. The lowest BCUT2D eigenvalue weighted by atomic mass is 10.2. The molecule has 5 heteroatoms. The van der Waals surface area contributed by atoms with E-state index >= 15 is 0 Å². The molecule has 0 fully saturated rings. The fourth-order valence-corrected chi connectivity index (χ4v) is 1.44. The molecule has 0 aliphatic carbocycles. The normalized spacial score (nSPS) is 10.4. The fourth-order valence-electron chi connectivity index (χ4n) is 1.28. The fraction of sp³-hybridized carbons (Fsp3) is 0.500. The molecule has 0 bridgehead atoms. The third kappa shape index (κ3) is 5.04. The van der Waals surface area contributed by atoms with Gasteiger partial charge in [-0.3, -0.25) is 4.79 Å². The number of carbonyl (C=O) groups excluding carboxylic acids is 1. The van der Waals surface area contributed by atoms with E-state index in [0.29, 0.717) is 23.4 Å². The summed E-state index contributed by atoms with van der Waals surface area (Å²) in [5.41, 5.74) is 0. The molecule has 94 valence electrons. The van der Waals surface area contributed by atoms with Crippen molar-refractivity contribution in [1.29, 1.82) is 0 Å². The summed E-state index contributed by atoms with van der Waals surface area (Å²) in [5.74, 6) is 1.13. The van der Waals surface area contributed by atoms with Gasteiger partial charge in [0.25, 0.3) is 0 Å². The number of nitrogens with zero attached hydrogens (tertiary/aromatic N) is 2. The summed E-state index contributed by atoms with van der Waals surface area (Å²) < 4.78 is 0. The van der Waals surface area contributed by atoms with Crippen LogP contribution in [0.4, 0.5) is 5.82 Å². The predicted molar refractivity (Wildman–Crippen MR) is 70.4 cm³/mol. The molecule has 0 aliphatic heterocycles. The van der Waals surface area contributed by atoms with Crippen LogP contribution in [0.15, 0.2) is 18.2 Å². The standard InChI is InChI=1S/C12H18ClN3O/c1-9(2)7-14-12(17)8-16(3)11-6-4-5-10(13)15-11/h4-6,9H,7-8H2,1-3H3,(H,14,17). The summed E-state index contributed by atoms with van der Waals surface area (Å²) in [5, 5.41) is 3.28. The first-order chi connectivity index (χ1) is 7.99. The minimum absolute atomic E-state index is 0.0111. The number of carbonyl (C=O) groups is 1. The molecule has 17 heavy (non-hydrogen) atoms. The van der Waals surface area contributed by atoms with Crippen LogP contribution in [0.25, 0.3) is 0 Å². The molecule has 0 saturated carbocycles. The Bertz CT molecular complexity index is 382. The molecule has 1 aromatic rings. The highest BCUT2D eigenvalue weighted by molar-refractivity contribution is 6.29. The van der Waals surface area contributed by atoms with E-state index in [9.17, 15) is 4.79 Å². The molecule has 0 aromatic carbocycles. The maximum atomic E-state index is 11.6. The zero-order chi connectivity index (χ0) is 12.8. The lowest BCUT2D eigenvalue weighted by Crippen LogP contribution is -2.37. The molecule has 1 rings (SSSR count). The van der Waals surface area contributed by atoms with Crippen LogP contribution >= 0.6 is 11.6 Å². The van der Waals surface area contributed by atoms with Gasteiger partial charge in [0.2, 0.25) is 5.91 Å². The first-order valence-electron chi connectivity index (χ1n) is 5.59. The number of hydrogen-bond donors (Lipinski definition) is 1. The van der Waals surface area contributed by atoms with E-state index in [-0.39, 0.29) is 12.5 Å². The Morgan fingerprint density at radius 2 is 2.24 bits per heavy atom. The second kappa shape index (κ2) is 6.45. The van der Waals surface area contributed by atoms with Crippen molar-refractivity contribution in [1.82, 2.24) is 10.3 Å². The molecule has 0 atom stereocenters. The summed E-state index contributed by atoms with van der Waals surface area (Å²) in [6.45, 7) is 5.08. The topological polar surface area (TPSA) is 45.2 Å². The number of aromatic nitrogens is 1. The van der Waals surface area contributed by atoms with Crippen LogP contribution in [0.5, 0.6) is 0 Å². The SMILES string of the molecule is CC(C)CNC(=O)CN(C)c1cccc(Cl)n1. The van der Waals surface area contributed by atoms with E-state index in [2.05, 4.69) is 24.1 Å². The second-order valence-electron chi connectivity index (χ2n) is 4.37. The first kappa shape index (κ1) is 13.8. The van der Waals surface area contributed by atoms with Crippen molar-refractivity contribution in [3.8, 4) is 0 Å². The van der Waals surface area contributed by atoms with E-state index in [1.54, 1.807) is 11.0 Å². The third-order valence-corrected chi connectivity index (χ3v) is 2.39.